The van der Waals surface area contributed by atoms with Crippen LogP contribution in [0.25, 0.3) is 11.1 Å². The van der Waals surface area contributed by atoms with Gasteiger partial charge in [-0.1, -0.05) is 37.6 Å². The van der Waals surface area contributed by atoms with Crippen molar-refractivity contribution < 1.29 is 4.74 Å². The van der Waals surface area contributed by atoms with Crippen molar-refractivity contribution in [3.05, 3.63) is 46.7 Å². The highest BCUT2D eigenvalue weighted by Gasteiger charge is 2.13. The first-order valence-corrected chi connectivity index (χ1v) is 7.17. The van der Waals surface area contributed by atoms with Gasteiger partial charge in [0.1, 0.15) is 17.0 Å². The number of benzene rings is 1. The fourth-order valence-corrected chi connectivity index (χ4v) is 2.44. The van der Waals surface area contributed by atoms with E-state index in [9.17, 15) is 5.26 Å². The summed E-state index contributed by atoms with van der Waals surface area (Å²) in [6, 6.07) is 11.7. The Kier molecular flexibility index (Phi) is 4.82. The SMILES string of the molecule is COc1ccc(-c2cc(CC(C)C)nc(Cl)c2C#N)cc1. The summed E-state index contributed by atoms with van der Waals surface area (Å²) in [6.07, 6.45) is 0.828. The molecule has 1 aromatic heterocycles. The largest absolute Gasteiger partial charge is 0.497 e. The molecule has 2 rings (SSSR count). The van der Waals surface area contributed by atoms with E-state index < -0.39 is 0 Å². The van der Waals surface area contributed by atoms with Crippen molar-refractivity contribution in [3.8, 4) is 22.9 Å². The predicted molar refractivity (Wildman–Crippen MR) is 84.5 cm³/mol. The summed E-state index contributed by atoms with van der Waals surface area (Å²) in [5.41, 5.74) is 3.06. The Morgan fingerprint density at radius 1 is 1.29 bits per heavy atom. The average molecular weight is 301 g/mol. The molecule has 0 fully saturated rings. The summed E-state index contributed by atoms with van der Waals surface area (Å²) in [4.78, 5) is 4.32. The fourth-order valence-electron chi connectivity index (χ4n) is 2.19. The van der Waals surface area contributed by atoms with Gasteiger partial charge in [0.25, 0.3) is 0 Å². The van der Waals surface area contributed by atoms with Crippen molar-refractivity contribution in [2.45, 2.75) is 20.3 Å². The maximum atomic E-state index is 9.33. The number of hydrogen-bond acceptors (Lipinski definition) is 3. The number of ether oxygens (including phenoxy) is 1. The molecule has 21 heavy (non-hydrogen) atoms. The highest BCUT2D eigenvalue weighted by molar-refractivity contribution is 6.31. The Labute approximate surface area is 130 Å². The topological polar surface area (TPSA) is 45.9 Å². The number of aromatic nitrogens is 1. The van der Waals surface area contributed by atoms with Gasteiger partial charge in [-0.15, -0.1) is 0 Å². The van der Waals surface area contributed by atoms with Gasteiger partial charge in [-0.05, 0) is 36.1 Å². The number of rotatable bonds is 4. The lowest BCUT2D eigenvalue weighted by Gasteiger charge is -2.11. The first-order chi connectivity index (χ1) is 10.0. The second kappa shape index (κ2) is 6.60. The first kappa shape index (κ1) is 15.3. The van der Waals surface area contributed by atoms with Crippen molar-refractivity contribution in [1.82, 2.24) is 4.98 Å². The Morgan fingerprint density at radius 2 is 1.95 bits per heavy atom. The predicted octanol–water partition coefficient (Wildman–Crippen LogP) is 4.48. The van der Waals surface area contributed by atoms with Gasteiger partial charge < -0.3 is 4.74 Å². The quantitative estimate of drug-likeness (QED) is 0.782. The second-order valence-corrected chi connectivity index (χ2v) is 5.62. The molecule has 0 amide bonds. The van der Waals surface area contributed by atoms with Crippen molar-refractivity contribution in [2.75, 3.05) is 7.11 Å². The second-order valence-electron chi connectivity index (χ2n) is 5.27. The zero-order valence-corrected chi connectivity index (χ0v) is 13.1. The maximum Gasteiger partial charge on any atom is 0.147 e. The summed E-state index contributed by atoms with van der Waals surface area (Å²) < 4.78 is 5.16. The van der Waals surface area contributed by atoms with E-state index in [4.69, 9.17) is 16.3 Å². The molecule has 0 saturated heterocycles. The molecule has 4 heteroatoms. The van der Waals surface area contributed by atoms with Crippen LogP contribution in [0.4, 0.5) is 0 Å². The average Bonchev–Trinajstić information content (AvgIpc) is 2.46. The van der Waals surface area contributed by atoms with E-state index in [1.165, 1.54) is 0 Å². The van der Waals surface area contributed by atoms with Crippen molar-refractivity contribution >= 4 is 11.6 Å². The molecule has 0 unspecified atom stereocenters. The van der Waals surface area contributed by atoms with Gasteiger partial charge >= 0.3 is 0 Å². The van der Waals surface area contributed by atoms with E-state index in [1.807, 2.05) is 30.3 Å². The molecule has 1 aromatic carbocycles. The number of methoxy groups -OCH3 is 1. The van der Waals surface area contributed by atoms with Crippen LogP contribution in [0.5, 0.6) is 5.75 Å². The lowest BCUT2D eigenvalue weighted by molar-refractivity contribution is 0.415. The minimum Gasteiger partial charge on any atom is -0.497 e. The number of nitriles is 1. The molecule has 0 saturated carbocycles. The Hall–Kier alpha value is -2.05. The third kappa shape index (κ3) is 3.53. The van der Waals surface area contributed by atoms with Crippen molar-refractivity contribution in [2.24, 2.45) is 5.92 Å². The van der Waals surface area contributed by atoms with Crippen LogP contribution in [-0.4, -0.2) is 12.1 Å². The van der Waals surface area contributed by atoms with Crippen LogP contribution in [0.1, 0.15) is 25.1 Å². The van der Waals surface area contributed by atoms with Crippen LogP contribution in [0.15, 0.2) is 30.3 Å². The Bertz CT molecular complexity index is 672. The van der Waals surface area contributed by atoms with E-state index in [0.717, 1.165) is 29.0 Å². The standard InChI is InChI=1S/C17H17ClN2O/c1-11(2)8-13-9-15(16(10-19)17(18)20-13)12-4-6-14(21-3)7-5-12/h4-7,9,11H,8H2,1-3H3. The maximum absolute atomic E-state index is 9.33. The normalized spacial score (nSPS) is 10.5. The molecular formula is C17H17ClN2O. The third-order valence-electron chi connectivity index (χ3n) is 3.16. The molecule has 0 radical (unpaired) electrons. The minimum absolute atomic E-state index is 0.265. The lowest BCUT2D eigenvalue weighted by atomic mass is 9.98. The van der Waals surface area contributed by atoms with Crippen LogP contribution in [-0.2, 0) is 6.42 Å². The van der Waals surface area contributed by atoms with E-state index in [0.29, 0.717) is 11.5 Å². The van der Waals surface area contributed by atoms with Crippen molar-refractivity contribution in [1.29, 1.82) is 5.26 Å². The van der Waals surface area contributed by atoms with Gasteiger partial charge in [0.15, 0.2) is 0 Å². The first-order valence-electron chi connectivity index (χ1n) is 6.79. The molecular weight excluding hydrogens is 284 g/mol. The minimum atomic E-state index is 0.265. The molecule has 0 N–H and O–H groups in total. The Morgan fingerprint density at radius 3 is 2.48 bits per heavy atom. The van der Waals surface area contributed by atoms with E-state index in [2.05, 4.69) is 24.9 Å². The van der Waals surface area contributed by atoms with Crippen LogP contribution < -0.4 is 4.74 Å². The van der Waals surface area contributed by atoms with Crippen LogP contribution in [0, 0.1) is 17.2 Å². The van der Waals surface area contributed by atoms with E-state index in [-0.39, 0.29) is 5.15 Å². The van der Waals surface area contributed by atoms with Crippen molar-refractivity contribution in [3.63, 3.8) is 0 Å². The van der Waals surface area contributed by atoms with Gasteiger partial charge in [-0.25, -0.2) is 4.98 Å². The summed E-state index contributed by atoms with van der Waals surface area (Å²) in [5, 5.41) is 9.60. The van der Waals surface area contributed by atoms with E-state index >= 15 is 0 Å². The molecule has 0 aliphatic heterocycles. The third-order valence-corrected chi connectivity index (χ3v) is 3.43. The van der Waals surface area contributed by atoms with Crippen LogP contribution in [0.2, 0.25) is 5.15 Å². The van der Waals surface area contributed by atoms with Gasteiger partial charge in [-0.2, -0.15) is 5.26 Å². The number of nitrogens with zero attached hydrogens (tertiary/aromatic N) is 2. The molecule has 0 atom stereocenters. The van der Waals surface area contributed by atoms with Gasteiger partial charge in [0.05, 0.1) is 12.7 Å². The highest BCUT2D eigenvalue weighted by Crippen LogP contribution is 2.30. The lowest BCUT2D eigenvalue weighted by Crippen LogP contribution is -2.00. The molecule has 3 nitrogen and oxygen atoms in total. The molecule has 0 aliphatic rings. The van der Waals surface area contributed by atoms with E-state index in [1.54, 1.807) is 7.11 Å². The summed E-state index contributed by atoms with van der Waals surface area (Å²) in [6.45, 7) is 4.25. The molecule has 0 spiro atoms. The van der Waals surface area contributed by atoms with Gasteiger partial charge in [0.2, 0.25) is 0 Å². The van der Waals surface area contributed by atoms with Crippen LogP contribution in [0.3, 0.4) is 0 Å². The molecule has 108 valence electrons. The number of pyridine rings is 1. The monoisotopic (exact) mass is 300 g/mol. The molecule has 2 aromatic rings. The van der Waals surface area contributed by atoms with Gasteiger partial charge in [-0.3, -0.25) is 0 Å². The summed E-state index contributed by atoms with van der Waals surface area (Å²) in [7, 11) is 1.62. The molecule has 0 bridgehead atoms. The highest BCUT2D eigenvalue weighted by atomic mass is 35.5. The molecule has 0 aliphatic carbocycles. The smallest absolute Gasteiger partial charge is 0.147 e. The number of hydrogen-bond donors (Lipinski definition) is 0. The Balaban J connectivity index is 2.53. The molecule has 1 heterocycles. The van der Waals surface area contributed by atoms with Crippen LogP contribution >= 0.6 is 11.6 Å². The fraction of sp³-hybridized carbons (Fsp3) is 0.294. The zero-order chi connectivity index (χ0) is 15.4. The summed E-state index contributed by atoms with van der Waals surface area (Å²) in [5.74, 6) is 1.25. The summed E-state index contributed by atoms with van der Waals surface area (Å²) >= 11 is 6.17. The number of halogens is 1. The zero-order valence-electron chi connectivity index (χ0n) is 12.4. The van der Waals surface area contributed by atoms with Gasteiger partial charge in [0, 0.05) is 11.3 Å².